The molecule has 4 heteroatoms. The number of benzene rings is 1. The van der Waals surface area contributed by atoms with E-state index in [1.165, 1.54) is 0 Å². The molecule has 1 aromatic heterocycles. The molecule has 1 unspecified atom stereocenters. The summed E-state index contributed by atoms with van der Waals surface area (Å²) in [5.41, 5.74) is 1.52. The summed E-state index contributed by atoms with van der Waals surface area (Å²) in [4.78, 5) is 22.9. The smallest absolute Gasteiger partial charge is 0.240 e. The molecule has 2 rings (SSSR count). The molecule has 0 radical (unpaired) electrons. The zero-order chi connectivity index (χ0) is 13.8. The number of aromatic nitrogens is 1. The highest BCUT2D eigenvalue weighted by atomic mass is 16.2. The van der Waals surface area contributed by atoms with Gasteiger partial charge in [-0.05, 0) is 19.4 Å². The molecule has 2 aromatic rings. The van der Waals surface area contributed by atoms with Gasteiger partial charge in [0.25, 0.3) is 0 Å². The highest BCUT2D eigenvalue weighted by Crippen LogP contribution is 2.19. The first kappa shape index (κ1) is 13.3. The van der Waals surface area contributed by atoms with Gasteiger partial charge in [-0.15, -0.1) is 0 Å². The molecule has 1 N–H and O–H groups in total. The van der Waals surface area contributed by atoms with E-state index in [0.717, 1.165) is 23.6 Å². The minimum absolute atomic E-state index is 0.0347. The molecule has 0 bridgehead atoms. The van der Waals surface area contributed by atoms with Gasteiger partial charge in [0.05, 0.1) is 0 Å². The Bertz CT molecular complexity index is 601. The second kappa shape index (κ2) is 5.69. The molecular formula is C15H18N2O2. The molecule has 1 atom stereocenters. The van der Waals surface area contributed by atoms with Crippen molar-refractivity contribution in [3.8, 4) is 0 Å². The van der Waals surface area contributed by atoms with Crippen molar-refractivity contribution in [3.05, 3.63) is 36.0 Å². The van der Waals surface area contributed by atoms with E-state index in [0.29, 0.717) is 5.56 Å². The van der Waals surface area contributed by atoms with Gasteiger partial charge in [-0.3, -0.25) is 9.59 Å². The first-order valence-electron chi connectivity index (χ1n) is 6.48. The zero-order valence-corrected chi connectivity index (χ0v) is 11.2. The standard InChI is InChI=1S/C15H18N2O2/c1-3-11(2)16-15(19)9-17-8-12(10-18)13-6-4-5-7-14(13)17/h4-8,10-11H,3,9H2,1-2H3,(H,16,19). The Morgan fingerprint density at radius 2 is 2.16 bits per heavy atom. The third-order valence-corrected chi connectivity index (χ3v) is 3.28. The van der Waals surface area contributed by atoms with Crippen LogP contribution in [0.3, 0.4) is 0 Å². The molecule has 0 aliphatic heterocycles. The predicted molar refractivity (Wildman–Crippen MR) is 75.2 cm³/mol. The first-order valence-corrected chi connectivity index (χ1v) is 6.48. The largest absolute Gasteiger partial charge is 0.352 e. The Kier molecular flexibility index (Phi) is 4.00. The summed E-state index contributed by atoms with van der Waals surface area (Å²) in [6, 6.07) is 7.76. The third-order valence-electron chi connectivity index (χ3n) is 3.28. The van der Waals surface area contributed by atoms with Crippen LogP contribution in [0.1, 0.15) is 30.6 Å². The molecule has 0 fully saturated rings. The summed E-state index contributed by atoms with van der Waals surface area (Å²) < 4.78 is 1.82. The van der Waals surface area contributed by atoms with E-state index < -0.39 is 0 Å². The molecule has 0 aliphatic rings. The van der Waals surface area contributed by atoms with E-state index in [2.05, 4.69) is 5.32 Å². The summed E-state index contributed by atoms with van der Waals surface area (Å²) in [5, 5.41) is 3.81. The van der Waals surface area contributed by atoms with E-state index in [1.54, 1.807) is 6.20 Å². The highest BCUT2D eigenvalue weighted by Gasteiger charge is 2.11. The lowest BCUT2D eigenvalue weighted by Gasteiger charge is -2.12. The van der Waals surface area contributed by atoms with Gasteiger partial charge < -0.3 is 9.88 Å². The maximum atomic E-state index is 11.9. The average Bonchev–Trinajstić information content (AvgIpc) is 2.77. The molecule has 1 amide bonds. The molecule has 19 heavy (non-hydrogen) atoms. The topological polar surface area (TPSA) is 51.1 Å². The molecule has 100 valence electrons. The van der Waals surface area contributed by atoms with Crippen LogP contribution in [0.4, 0.5) is 0 Å². The fraction of sp³-hybridized carbons (Fsp3) is 0.333. The Hall–Kier alpha value is -2.10. The van der Waals surface area contributed by atoms with Crippen molar-refractivity contribution in [3.63, 3.8) is 0 Å². The van der Waals surface area contributed by atoms with Crippen LogP contribution in [0.5, 0.6) is 0 Å². The first-order chi connectivity index (χ1) is 9.15. The quantitative estimate of drug-likeness (QED) is 0.837. The number of aldehydes is 1. The number of carbonyl (C=O) groups excluding carboxylic acids is 2. The van der Waals surface area contributed by atoms with Crippen molar-refractivity contribution in [2.45, 2.75) is 32.9 Å². The number of hydrogen-bond donors (Lipinski definition) is 1. The van der Waals surface area contributed by atoms with Crippen LogP contribution < -0.4 is 5.32 Å². The van der Waals surface area contributed by atoms with Gasteiger partial charge in [0.15, 0.2) is 6.29 Å². The summed E-state index contributed by atoms with van der Waals surface area (Å²) in [5.74, 6) is -0.0347. The number of nitrogens with zero attached hydrogens (tertiary/aromatic N) is 1. The molecule has 1 heterocycles. The van der Waals surface area contributed by atoms with Crippen LogP contribution in [0.25, 0.3) is 10.9 Å². The van der Waals surface area contributed by atoms with Gasteiger partial charge in [0, 0.05) is 28.7 Å². The minimum atomic E-state index is -0.0347. The predicted octanol–water partition coefficient (Wildman–Crippen LogP) is 2.37. The Morgan fingerprint density at radius 3 is 2.84 bits per heavy atom. The third kappa shape index (κ3) is 2.84. The second-order valence-electron chi connectivity index (χ2n) is 4.72. The summed E-state index contributed by atoms with van der Waals surface area (Å²) in [6.07, 6.45) is 3.46. The molecule has 0 saturated carbocycles. The van der Waals surface area contributed by atoms with Crippen molar-refractivity contribution >= 4 is 23.1 Å². The van der Waals surface area contributed by atoms with E-state index in [9.17, 15) is 9.59 Å². The Balaban J connectivity index is 2.26. The van der Waals surface area contributed by atoms with Gasteiger partial charge in [-0.25, -0.2) is 0 Å². The van der Waals surface area contributed by atoms with Crippen LogP contribution in [0, 0.1) is 0 Å². The van der Waals surface area contributed by atoms with Gasteiger partial charge in [-0.1, -0.05) is 25.1 Å². The summed E-state index contributed by atoms with van der Waals surface area (Å²) >= 11 is 0. The number of hydrogen-bond acceptors (Lipinski definition) is 2. The van der Waals surface area contributed by atoms with Gasteiger partial charge in [-0.2, -0.15) is 0 Å². The van der Waals surface area contributed by atoms with Crippen LogP contribution in [-0.4, -0.2) is 22.8 Å². The van der Waals surface area contributed by atoms with Crippen molar-refractivity contribution in [2.24, 2.45) is 0 Å². The van der Waals surface area contributed by atoms with E-state index in [-0.39, 0.29) is 18.5 Å². The van der Waals surface area contributed by atoms with Crippen molar-refractivity contribution in [2.75, 3.05) is 0 Å². The molecule has 4 nitrogen and oxygen atoms in total. The van der Waals surface area contributed by atoms with Gasteiger partial charge in [0.1, 0.15) is 6.54 Å². The number of carbonyl (C=O) groups is 2. The molecule has 0 aliphatic carbocycles. The second-order valence-corrected chi connectivity index (χ2v) is 4.72. The normalized spacial score (nSPS) is 12.3. The van der Waals surface area contributed by atoms with E-state index in [1.807, 2.05) is 42.7 Å². The maximum Gasteiger partial charge on any atom is 0.240 e. The maximum absolute atomic E-state index is 11.9. The van der Waals surface area contributed by atoms with E-state index >= 15 is 0 Å². The lowest BCUT2D eigenvalue weighted by Crippen LogP contribution is -2.34. The lowest BCUT2D eigenvalue weighted by atomic mass is 10.2. The monoisotopic (exact) mass is 258 g/mol. The minimum Gasteiger partial charge on any atom is -0.352 e. The summed E-state index contributed by atoms with van der Waals surface area (Å²) in [6.45, 7) is 4.24. The van der Waals surface area contributed by atoms with Crippen LogP contribution in [0.15, 0.2) is 30.5 Å². The molecule has 0 saturated heterocycles. The van der Waals surface area contributed by atoms with Crippen molar-refractivity contribution in [1.82, 2.24) is 9.88 Å². The van der Waals surface area contributed by atoms with Gasteiger partial charge in [0.2, 0.25) is 5.91 Å². The van der Waals surface area contributed by atoms with Gasteiger partial charge >= 0.3 is 0 Å². The number of amides is 1. The average molecular weight is 258 g/mol. The molecular weight excluding hydrogens is 240 g/mol. The Morgan fingerprint density at radius 1 is 1.42 bits per heavy atom. The number of nitrogens with one attached hydrogen (secondary N) is 1. The number of rotatable bonds is 5. The van der Waals surface area contributed by atoms with Crippen molar-refractivity contribution in [1.29, 1.82) is 0 Å². The highest BCUT2D eigenvalue weighted by molar-refractivity contribution is 5.98. The summed E-state index contributed by atoms with van der Waals surface area (Å²) in [7, 11) is 0. The number of fused-ring (bicyclic) bond motifs is 1. The zero-order valence-electron chi connectivity index (χ0n) is 11.2. The molecule has 1 aromatic carbocycles. The van der Waals surface area contributed by atoms with Crippen LogP contribution >= 0.6 is 0 Å². The SMILES string of the molecule is CCC(C)NC(=O)Cn1cc(C=O)c2ccccc21. The van der Waals surface area contributed by atoms with Crippen LogP contribution in [-0.2, 0) is 11.3 Å². The molecule has 0 spiro atoms. The number of para-hydroxylation sites is 1. The lowest BCUT2D eigenvalue weighted by molar-refractivity contribution is -0.122. The fourth-order valence-electron chi connectivity index (χ4n) is 2.08. The van der Waals surface area contributed by atoms with E-state index in [4.69, 9.17) is 0 Å². The fourth-order valence-corrected chi connectivity index (χ4v) is 2.08. The van der Waals surface area contributed by atoms with Crippen molar-refractivity contribution < 1.29 is 9.59 Å². The van der Waals surface area contributed by atoms with Crippen LogP contribution in [0.2, 0.25) is 0 Å². The Labute approximate surface area is 112 Å².